The number of aromatic amines is 1. The second-order valence-corrected chi connectivity index (χ2v) is 5.95. The van der Waals surface area contributed by atoms with Crippen LogP contribution in [0.5, 0.6) is 0 Å². The van der Waals surface area contributed by atoms with E-state index < -0.39 is 0 Å². The van der Waals surface area contributed by atoms with E-state index in [1.807, 2.05) is 32.0 Å². The van der Waals surface area contributed by atoms with Gasteiger partial charge in [0.15, 0.2) is 0 Å². The lowest BCUT2D eigenvalue weighted by atomic mass is 10.0. The topological polar surface area (TPSA) is 75.1 Å². The summed E-state index contributed by atoms with van der Waals surface area (Å²) in [6.45, 7) is 4.37. The van der Waals surface area contributed by atoms with Gasteiger partial charge in [0, 0.05) is 12.0 Å². The number of rotatable bonds is 5. The van der Waals surface area contributed by atoms with E-state index in [2.05, 4.69) is 10.3 Å². The van der Waals surface area contributed by atoms with Crippen molar-refractivity contribution in [1.29, 1.82) is 0 Å². The van der Waals surface area contributed by atoms with Gasteiger partial charge >= 0.3 is 0 Å². The Morgan fingerprint density at radius 3 is 2.83 bits per heavy atom. The number of hydrogen-bond donors (Lipinski definition) is 2. The smallest absolute Gasteiger partial charge is 0.251 e. The number of carbonyl (C=O) groups excluding carboxylic acids is 1. The fraction of sp³-hybridized carbons (Fsp3) is 0.263. The molecule has 2 heterocycles. The minimum atomic E-state index is -0.130. The number of fused-ring (bicyclic) bond motifs is 1. The Hall–Kier alpha value is -2.82. The molecule has 2 N–H and O–H groups in total. The summed E-state index contributed by atoms with van der Waals surface area (Å²) in [7, 11) is 0. The molecule has 0 spiro atoms. The first kappa shape index (κ1) is 16.1. The molecule has 0 atom stereocenters. The molecule has 0 radical (unpaired) electrons. The molecule has 0 bridgehead atoms. The molecule has 5 heteroatoms. The maximum atomic E-state index is 12.3. The summed E-state index contributed by atoms with van der Waals surface area (Å²) in [6.07, 6.45) is 2.24. The Labute approximate surface area is 139 Å². The van der Waals surface area contributed by atoms with Crippen LogP contribution in [0.25, 0.3) is 10.9 Å². The maximum absolute atomic E-state index is 12.3. The molecule has 0 aliphatic rings. The molecule has 124 valence electrons. The quantitative estimate of drug-likeness (QED) is 0.757. The highest BCUT2D eigenvalue weighted by molar-refractivity contribution is 5.83. The van der Waals surface area contributed by atoms with Crippen LogP contribution in [0.15, 0.2) is 45.8 Å². The van der Waals surface area contributed by atoms with E-state index in [-0.39, 0.29) is 17.9 Å². The second kappa shape index (κ2) is 6.74. The Kier molecular flexibility index (Phi) is 4.51. The number of carbonyl (C=O) groups is 1. The van der Waals surface area contributed by atoms with Crippen molar-refractivity contribution in [3.05, 3.63) is 69.4 Å². The predicted octanol–water partition coefficient (Wildman–Crippen LogP) is 2.99. The van der Waals surface area contributed by atoms with Gasteiger partial charge < -0.3 is 14.7 Å². The molecular weight excluding hydrogens is 304 g/mol. The van der Waals surface area contributed by atoms with Crippen LogP contribution in [0.3, 0.4) is 0 Å². The van der Waals surface area contributed by atoms with Crippen molar-refractivity contribution in [3.8, 4) is 0 Å². The van der Waals surface area contributed by atoms with Crippen LogP contribution in [0.4, 0.5) is 0 Å². The summed E-state index contributed by atoms with van der Waals surface area (Å²) >= 11 is 0. The van der Waals surface area contributed by atoms with E-state index in [1.165, 1.54) is 0 Å². The normalized spacial score (nSPS) is 10.9. The van der Waals surface area contributed by atoms with E-state index in [0.717, 1.165) is 22.0 Å². The molecule has 0 aliphatic carbocycles. The number of nitrogens with one attached hydrogen (secondary N) is 2. The zero-order valence-electron chi connectivity index (χ0n) is 13.8. The number of aromatic nitrogens is 1. The van der Waals surface area contributed by atoms with Crippen molar-refractivity contribution in [2.45, 2.75) is 33.2 Å². The van der Waals surface area contributed by atoms with Crippen LogP contribution in [0, 0.1) is 13.8 Å². The lowest BCUT2D eigenvalue weighted by molar-refractivity contribution is -0.121. The Bertz CT molecular complexity index is 924. The Balaban J connectivity index is 1.69. The summed E-state index contributed by atoms with van der Waals surface area (Å²) < 4.78 is 5.17. The molecular formula is C19H20N2O3. The standard InChI is InChI=1S/C19H20N2O3/c1-12-5-6-14-10-15(19(23)21-18(14)13(12)2)7-8-17(22)20-11-16-4-3-9-24-16/h3-6,9-10H,7-8,11H2,1-2H3,(H,20,22)(H,21,23). The SMILES string of the molecule is Cc1ccc2cc(CCC(=O)NCc3ccco3)c(=O)[nH]c2c1C. The summed E-state index contributed by atoms with van der Waals surface area (Å²) in [5, 5.41) is 3.77. The van der Waals surface area contributed by atoms with Gasteiger partial charge in [0.1, 0.15) is 5.76 Å². The van der Waals surface area contributed by atoms with Gasteiger partial charge in [0.25, 0.3) is 5.56 Å². The summed E-state index contributed by atoms with van der Waals surface area (Å²) in [4.78, 5) is 27.1. The fourth-order valence-electron chi connectivity index (χ4n) is 2.69. The van der Waals surface area contributed by atoms with Crippen LogP contribution in [0.2, 0.25) is 0 Å². The lowest BCUT2D eigenvalue weighted by Gasteiger charge is -2.08. The fourth-order valence-corrected chi connectivity index (χ4v) is 2.69. The Morgan fingerprint density at radius 2 is 2.08 bits per heavy atom. The predicted molar refractivity (Wildman–Crippen MR) is 92.9 cm³/mol. The van der Waals surface area contributed by atoms with Gasteiger partial charge in [0.2, 0.25) is 5.91 Å². The van der Waals surface area contributed by atoms with E-state index in [1.54, 1.807) is 18.4 Å². The molecule has 5 nitrogen and oxygen atoms in total. The zero-order chi connectivity index (χ0) is 17.1. The van der Waals surface area contributed by atoms with Gasteiger partial charge in [0.05, 0.1) is 18.3 Å². The van der Waals surface area contributed by atoms with Gasteiger partial charge in [-0.1, -0.05) is 12.1 Å². The summed E-state index contributed by atoms with van der Waals surface area (Å²) in [5.74, 6) is 0.601. The molecule has 2 aromatic heterocycles. The van der Waals surface area contributed by atoms with Gasteiger partial charge in [-0.05, 0) is 55.0 Å². The largest absolute Gasteiger partial charge is 0.467 e. The van der Waals surface area contributed by atoms with Crippen molar-refractivity contribution < 1.29 is 9.21 Å². The second-order valence-electron chi connectivity index (χ2n) is 5.95. The number of hydrogen-bond acceptors (Lipinski definition) is 3. The highest BCUT2D eigenvalue weighted by atomic mass is 16.3. The molecule has 1 aromatic carbocycles. The summed E-state index contributed by atoms with van der Waals surface area (Å²) in [5.41, 5.74) is 3.58. The van der Waals surface area contributed by atoms with E-state index >= 15 is 0 Å². The van der Waals surface area contributed by atoms with Crippen molar-refractivity contribution in [2.24, 2.45) is 0 Å². The number of H-pyrrole nitrogens is 1. The lowest BCUT2D eigenvalue weighted by Crippen LogP contribution is -2.24. The molecule has 3 aromatic rings. The van der Waals surface area contributed by atoms with Crippen molar-refractivity contribution in [3.63, 3.8) is 0 Å². The van der Waals surface area contributed by atoms with Crippen LogP contribution < -0.4 is 10.9 Å². The molecule has 0 aliphatic heterocycles. The van der Waals surface area contributed by atoms with Crippen LogP contribution in [-0.4, -0.2) is 10.9 Å². The number of benzene rings is 1. The van der Waals surface area contributed by atoms with E-state index in [9.17, 15) is 9.59 Å². The summed E-state index contributed by atoms with van der Waals surface area (Å²) in [6, 6.07) is 9.49. The van der Waals surface area contributed by atoms with Gasteiger partial charge in [-0.25, -0.2) is 0 Å². The molecule has 0 saturated carbocycles. The van der Waals surface area contributed by atoms with Gasteiger partial charge in [-0.3, -0.25) is 9.59 Å². The molecule has 0 unspecified atom stereocenters. The number of aryl methyl sites for hydroxylation is 3. The average molecular weight is 324 g/mol. The van der Waals surface area contributed by atoms with Crippen LogP contribution in [0.1, 0.15) is 28.9 Å². The minimum Gasteiger partial charge on any atom is -0.467 e. The van der Waals surface area contributed by atoms with Crippen molar-refractivity contribution in [1.82, 2.24) is 10.3 Å². The van der Waals surface area contributed by atoms with Crippen LogP contribution >= 0.6 is 0 Å². The highest BCUT2D eigenvalue weighted by Gasteiger charge is 2.09. The number of amides is 1. The van der Waals surface area contributed by atoms with Gasteiger partial charge in [-0.2, -0.15) is 0 Å². The highest BCUT2D eigenvalue weighted by Crippen LogP contribution is 2.19. The van der Waals surface area contributed by atoms with Crippen LogP contribution in [-0.2, 0) is 17.8 Å². The first-order chi connectivity index (χ1) is 11.5. The molecule has 0 fully saturated rings. The third-order valence-corrected chi connectivity index (χ3v) is 4.29. The minimum absolute atomic E-state index is 0.106. The third kappa shape index (κ3) is 3.40. The Morgan fingerprint density at radius 1 is 1.25 bits per heavy atom. The van der Waals surface area contributed by atoms with Gasteiger partial charge in [-0.15, -0.1) is 0 Å². The van der Waals surface area contributed by atoms with E-state index in [4.69, 9.17) is 4.42 Å². The monoisotopic (exact) mass is 324 g/mol. The third-order valence-electron chi connectivity index (χ3n) is 4.29. The molecule has 3 rings (SSSR count). The first-order valence-electron chi connectivity index (χ1n) is 7.96. The molecule has 24 heavy (non-hydrogen) atoms. The first-order valence-corrected chi connectivity index (χ1v) is 7.96. The number of pyridine rings is 1. The van der Waals surface area contributed by atoms with Crippen molar-refractivity contribution in [2.75, 3.05) is 0 Å². The van der Waals surface area contributed by atoms with Crippen molar-refractivity contribution >= 4 is 16.8 Å². The maximum Gasteiger partial charge on any atom is 0.251 e. The number of furan rings is 1. The molecule has 0 saturated heterocycles. The average Bonchev–Trinajstić information content (AvgIpc) is 3.09. The van der Waals surface area contributed by atoms with E-state index in [0.29, 0.717) is 24.3 Å². The molecule has 1 amide bonds. The zero-order valence-corrected chi connectivity index (χ0v) is 13.8.